The van der Waals surface area contributed by atoms with Crippen molar-refractivity contribution < 1.29 is 0 Å². The summed E-state index contributed by atoms with van der Waals surface area (Å²) in [5, 5.41) is 0. The summed E-state index contributed by atoms with van der Waals surface area (Å²) in [6.45, 7) is 7.04. The van der Waals surface area contributed by atoms with Crippen LogP contribution in [0.1, 0.15) is 5.56 Å². The van der Waals surface area contributed by atoms with E-state index in [-0.39, 0.29) is 0 Å². The second kappa shape index (κ2) is 3.33. The predicted molar refractivity (Wildman–Crippen MR) is 42.2 cm³/mol. The van der Waals surface area contributed by atoms with E-state index in [0.29, 0.717) is 6.54 Å². The molecule has 0 aromatic carbocycles. The smallest absolute Gasteiger partial charge is 0.240 e. The number of aromatic nitrogens is 1. The third kappa shape index (κ3) is 1.55. The highest BCUT2D eigenvalue weighted by molar-refractivity contribution is 9.10. The van der Waals surface area contributed by atoms with Crippen molar-refractivity contribution in [3.05, 3.63) is 39.9 Å². The van der Waals surface area contributed by atoms with Crippen LogP contribution in [0.2, 0.25) is 0 Å². The van der Waals surface area contributed by atoms with Gasteiger partial charge in [-0.1, -0.05) is 0 Å². The number of hydrogen-bond acceptors (Lipinski definition) is 1. The normalized spacial score (nSPS) is 8.80. The second-order valence-electron chi connectivity index (χ2n) is 1.78. The van der Waals surface area contributed by atoms with Gasteiger partial charge in [0.2, 0.25) is 6.54 Å². The van der Waals surface area contributed by atoms with E-state index in [1.807, 2.05) is 6.07 Å². The molecule has 0 unspecified atom stereocenters. The third-order valence-corrected chi connectivity index (χ3v) is 1.82. The zero-order chi connectivity index (χ0) is 7.40. The molecule has 10 heavy (non-hydrogen) atoms. The Balaban J connectivity index is 2.94. The van der Waals surface area contributed by atoms with Crippen molar-refractivity contribution in [1.29, 1.82) is 0 Å². The Hall–Kier alpha value is -0.880. The van der Waals surface area contributed by atoms with Gasteiger partial charge in [0, 0.05) is 22.4 Å². The molecular weight excluding hydrogens is 192 g/mol. The van der Waals surface area contributed by atoms with Crippen LogP contribution in [0, 0.1) is 6.57 Å². The fourth-order valence-corrected chi connectivity index (χ4v) is 0.993. The molecule has 0 spiro atoms. The minimum absolute atomic E-state index is 0.420. The van der Waals surface area contributed by atoms with Crippen molar-refractivity contribution in [3.63, 3.8) is 0 Å². The molecule has 0 aliphatic carbocycles. The average molecular weight is 197 g/mol. The fraction of sp³-hybridized carbons (Fsp3) is 0.143. The van der Waals surface area contributed by atoms with Crippen LogP contribution in [0.3, 0.4) is 0 Å². The number of halogens is 1. The highest BCUT2D eigenvalue weighted by atomic mass is 79.9. The number of hydrogen-bond donors (Lipinski definition) is 0. The van der Waals surface area contributed by atoms with Crippen molar-refractivity contribution in [2.75, 3.05) is 0 Å². The van der Waals surface area contributed by atoms with Crippen molar-refractivity contribution in [2.24, 2.45) is 0 Å². The molecule has 1 rings (SSSR count). The van der Waals surface area contributed by atoms with Gasteiger partial charge in [0.05, 0.1) is 0 Å². The van der Waals surface area contributed by atoms with Gasteiger partial charge in [0.15, 0.2) is 0 Å². The maximum Gasteiger partial charge on any atom is 0.240 e. The summed E-state index contributed by atoms with van der Waals surface area (Å²) in [6, 6.07) is 1.84. The lowest BCUT2D eigenvalue weighted by Gasteiger charge is -1.92. The van der Waals surface area contributed by atoms with Gasteiger partial charge in [-0.3, -0.25) is 4.98 Å². The van der Waals surface area contributed by atoms with Crippen molar-refractivity contribution in [3.8, 4) is 0 Å². The van der Waals surface area contributed by atoms with E-state index >= 15 is 0 Å². The van der Waals surface area contributed by atoms with E-state index < -0.39 is 0 Å². The maximum atomic E-state index is 6.62. The molecule has 0 amide bonds. The summed E-state index contributed by atoms with van der Waals surface area (Å²) in [7, 11) is 0. The Bertz CT molecular complexity index is 265. The molecule has 0 radical (unpaired) electrons. The third-order valence-electron chi connectivity index (χ3n) is 1.11. The summed E-state index contributed by atoms with van der Waals surface area (Å²) in [4.78, 5) is 7.14. The molecule has 3 heteroatoms. The molecule has 0 bridgehead atoms. The summed E-state index contributed by atoms with van der Waals surface area (Å²) >= 11 is 3.29. The lowest BCUT2D eigenvalue weighted by Crippen LogP contribution is -1.81. The van der Waals surface area contributed by atoms with Crippen LogP contribution in [-0.4, -0.2) is 4.98 Å². The van der Waals surface area contributed by atoms with E-state index in [9.17, 15) is 0 Å². The molecule has 1 aromatic rings. The molecule has 1 aromatic heterocycles. The Morgan fingerprint density at radius 2 is 2.50 bits per heavy atom. The first kappa shape index (κ1) is 7.23. The lowest BCUT2D eigenvalue weighted by atomic mass is 10.3. The Labute approximate surface area is 67.9 Å². The van der Waals surface area contributed by atoms with Crippen molar-refractivity contribution in [1.82, 2.24) is 4.98 Å². The number of nitrogens with zero attached hydrogens (tertiary/aromatic N) is 2. The van der Waals surface area contributed by atoms with Crippen LogP contribution in [-0.2, 0) is 6.54 Å². The van der Waals surface area contributed by atoms with Crippen LogP contribution in [0.25, 0.3) is 4.85 Å². The largest absolute Gasteiger partial charge is 0.312 e. The molecule has 2 nitrogen and oxygen atoms in total. The first-order chi connectivity index (χ1) is 4.84. The maximum absolute atomic E-state index is 6.62. The molecule has 0 fully saturated rings. The van der Waals surface area contributed by atoms with Crippen LogP contribution in [0.15, 0.2) is 22.9 Å². The van der Waals surface area contributed by atoms with Crippen LogP contribution in [0.5, 0.6) is 0 Å². The highest BCUT2D eigenvalue weighted by Crippen LogP contribution is 2.14. The number of pyridine rings is 1. The van der Waals surface area contributed by atoms with E-state index in [0.717, 1.165) is 10.0 Å². The van der Waals surface area contributed by atoms with Gasteiger partial charge in [0.25, 0.3) is 0 Å². The Morgan fingerprint density at radius 3 is 3.10 bits per heavy atom. The van der Waals surface area contributed by atoms with Crippen LogP contribution >= 0.6 is 15.9 Å². The molecule has 50 valence electrons. The molecule has 0 N–H and O–H groups in total. The van der Waals surface area contributed by atoms with Gasteiger partial charge in [-0.05, 0) is 22.0 Å². The molecule has 0 saturated heterocycles. The van der Waals surface area contributed by atoms with Crippen LogP contribution < -0.4 is 0 Å². The van der Waals surface area contributed by atoms with E-state index in [4.69, 9.17) is 6.57 Å². The average Bonchev–Trinajstić information content (AvgIpc) is 1.94. The van der Waals surface area contributed by atoms with Gasteiger partial charge in [-0.15, -0.1) is 0 Å². The van der Waals surface area contributed by atoms with Gasteiger partial charge < -0.3 is 4.85 Å². The van der Waals surface area contributed by atoms with Gasteiger partial charge in [0.1, 0.15) is 0 Å². The van der Waals surface area contributed by atoms with E-state index in [2.05, 4.69) is 25.8 Å². The summed E-state index contributed by atoms with van der Waals surface area (Å²) in [5.41, 5.74) is 0.991. The van der Waals surface area contributed by atoms with Gasteiger partial charge in [-0.2, -0.15) is 0 Å². The molecule has 0 aliphatic heterocycles. The quantitative estimate of drug-likeness (QED) is 0.631. The second-order valence-corrected chi connectivity index (χ2v) is 2.64. The Morgan fingerprint density at radius 1 is 1.70 bits per heavy atom. The molecule has 0 aliphatic rings. The summed E-state index contributed by atoms with van der Waals surface area (Å²) in [6.07, 6.45) is 3.38. The summed E-state index contributed by atoms with van der Waals surface area (Å²) < 4.78 is 0.908. The molecule has 0 saturated carbocycles. The predicted octanol–water partition coefficient (Wildman–Crippen LogP) is 2.26. The SMILES string of the molecule is [C-]#[N+]Cc1ccncc1Br. The first-order valence-electron chi connectivity index (χ1n) is 2.76. The topological polar surface area (TPSA) is 17.2 Å². The zero-order valence-electron chi connectivity index (χ0n) is 5.21. The Kier molecular flexibility index (Phi) is 2.41. The standard InChI is InChI=1S/C7H5BrN2/c1-9-4-6-2-3-10-5-7(6)8/h2-3,5H,4H2. The lowest BCUT2D eigenvalue weighted by molar-refractivity contribution is 1.18. The van der Waals surface area contributed by atoms with E-state index in [1.165, 1.54) is 0 Å². The minimum Gasteiger partial charge on any atom is -0.312 e. The fourth-order valence-electron chi connectivity index (χ4n) is 0.617. The molecule has 1 heterocycles. The first-order valence-corrected chi connectivity index (χ1v) is 3.55. The minimum atomic E-state index is 0.420. The van der Waals surface area contributed by atoms with Gasteiger partial charge >= 0.3 is 0 Å². The van der Waals surface area contributed by atoms with Gasteiger partial charge in [-0.25, -0.2) is 6.57 Å². The zero-order valence-corrected chi connectivity index (χ0v) is 6.80. The van der Waals surface area contributed by atoms with Crippen LogP contribution in [0.4, 0.5) is 0 Å². The highest BCUT2D eigenvalue weighted by Gasteiger charge is 1.98. The van der Waals surface area contributed by atoms with Crippen molar-refractivity contribution >= 4 is 15.9 Å². The van der Waals surface area contributed by atoms with E-state index in [1.54, 1.807) is 12.4 Å². The molecular formula is C7H5BrN2. The molecule has 0 atom stereocenters. The summed E-state index contributed by atoms with van der Waals surface area (Å²) in [5.74, 6) is 0. The monoisotopic (exact) mass is 196 g/mol. The number of rotatable bonds is 1. The van der Waals surface area contributed by atoms with Crippen molar-refractivity contribution in [2.45, 2.75) is 6.54 Å².